The van der Waals surface area contributed by atoms with Crippen LogP contribution in [0.1, 0.15) is 24.6 Å². The molecule has 0 unspecified atom stereocenters. The van der Waals surface area contributed by atoms with Gasteiger partial charge >= 0.3 is 0 Å². The summed E-state index contributed by atoms with van der Waals surface area (Å²) in [5.74, 6) is 2.41. The van der Waals surface area contributed by atoms with Crippen molar-refractivity contribution in [2.75, 3.05) is 24.5 Å². The van der Waals surface area contributed by atoms with Crippen molar-refractivity contribution in [2.45, 2.75) is 18.8 Å². The van der Waals surface area contributed by atoms with E-state index in [4.69, 9.17) is 5.73 Å². The summed E-state index contributed by atoms with van der Waals surface area (Å²) in [5.41, 5.74) is 5.58. The Morgan fingerprint density at radius 3 is 2.86 bits per heavy atom. The van der Waals surface area contributed by atoms with Crippen LogP contribution in [0.3, 0.4) is 0 Å². The molecule has 14 heavy (non-hydrogen) atoms. The monoisotopic (exact) mass is 210 g/mol. The lowest BCUT2D eigenvalue weighted by atomic mass is 10.0. The Kier molecular flexibility index (Phi) is 1.95. The molecule has 3 rings (SSSR count). The number of anilines is 1. The second-order valence-electron chi connectivity index (χ2n) is 4.22. The van der Waals surface area contributed by atoms with Gasteiger partial charge in [0.15, 0.2) is 0 Å². The summed E-state index contributed by atoms with van der Waals surface area (Å²) in [6.45, 7) is 2.93. The molecular weight excluding hydrogens is 196 g/mol. The number of nitrogens with zero attached hydrogens (tertiary/aromatic N) is 3. The maximum atomic E-state index is 5.58. The van der Waals surface area contributed by atoms with E-state index in [2.05, 4.69) is 14.3 Å². The third kappa shape index (κ3) is 1.40. The highest BCUT2D eigenvalue weighted by molar-refractivity contribution is 7.09. The van der Waals surface area contributed by atoms with Gasteiger partial charge in [-0.2, -0.15) is 4.37 Å². The zero-order valence-corrected chi connectivity index (χ0v) is 8.83. The largest absolute Gasteiger partial charge is 0.346 e. The third-order valence-corrected chi connectivity index (χ3v) is 3.73. The van der Waals surface area contributed by atoms with Gasteiger partial charge in [0.2, 0.25) is 5.13 Å². The minimum absolute atomic E-state index is 0.670. The summed E-state index contributed by atoms with van der Waals surface area (Å²) in [5, 5.41) is 1.09. The molecule has 0 spiro atoms. The Bertz CT molecular complexity index is 327. The average Bonchev–Trinajstić information content (AvgIpc) is 2.86. The van der Waals surface area contributed by atoms with Crippen LogP contribution in [0.15, 0.2) is 0 Å². The summed E-state index contributed by atoms with van der Waals surface area (Å²) in [6.07, 6.45) is 2.56. The van der Waals surface area contributed by atoms with Crippen molar-refractivity contribution >= 4 is 16.7 Å². The van der Waals surface area contributed by atoms with Crippen molar-refractivity contribution in [2.24, 2.45) is 11.7 Å². The van der Waals surface area contributed by atoms with Crippen molar-refractivity contribution in [3.8, 4) is 0 Å². The first kappa shape index (κ1) is 8.61. The SMILES string of the molecule is NCC1CN(c2nc(C3CC3)ns2)C1. The first-order chi connectivity index (χ1) is 6.86. The lowest BCUT2D eigenvalue weighted by molar-refractivity contribution is 0.419. The van der Waals surface area contributed by atoms with Gasteiger partial charge in [0.05, 0.1) is 0 Å². The molecule has 76 valence electrons. The average molecular weight is 210 g/mol. The third-order valence-electron chi connectivity index (χ3n) is 2.93. The predicted octanol–water partition coefficient (Wildman–Crippen LogP) is 0.810. The molecule has 4 nitrogen and oxygen atoms in total. The van der Waals surface area contributed by atoms with Crippen molar-refractivity contribution in [3.63, 3.8) is 0 Å². The minimum atomic E-state index is 0.670. The second kappa shape index (κ2) is 3.17. The van der Waals surface area contributed by atoms with E-state index in [1.807, 2.05) is 0 Å². The lowest BCUT2D eigenvalue weighted by Crippen LogP contribution is -2.49. The standard InChI is InChI=1S/C9H14N4S/c10-3-6-4-13(5-6)9-11-8(12-14-9)7-1-2-7/h6-7H,1-5,10H2. The molecule has 0 atom stereocenters. The van der Waals surface area contributed by atoms with E-state index < -0.39 is 0 Å². The number of aromatic nitrogens is 2. The Balaban J connectivity index is 1.66. The molecule has 0 amide bonds. The molecule has 0 aromatic carbocycles. The quantitative estimate of drug-likeness (QED) is 0.802. The Hall–Kier alpha value is -0.680. The van der Waals surface area contributed by atoms with Crippen molar-refractivity contribution in [1.29, 1.82) is 0 Å². The number of rotatable bonds is 3. The van der Waals surface area contributed by atoms with Crippen LogP contribution in [-0.4, -0.2) is 29.0 Å². The summed E-state index contributed by atoms with van der Waals surface area (Å²) in [4.78, 5) is 6.83. The van der Waals surface area contributed by atoms with Gasteiger partial charge in [-0.15, -0.1) is 0 Å². The molecule has 2 aliphatic rings. The molecule has 1 aliphatic heterocycles. The maximum Gasteiger partial charge on any atom is 0.205 e. The summed E-state index contributed by atoms with van der Waals surface area (Å²) in [6, 6.07) is 0. The van der Waals surface area contributed by atoms with E-state index in [0.717, 1.165) is 30.6 Å². The van der Waals surface area contributed by atoms with Crippen LogP contribution < -0.4 is 10.6 Å². The van der Waals surface area contributed by atoms with E-state index in [1.165, 1.54) is 24.4 Å². The fraction of sp³-hybridized carbons (Fsp3) is 0.778. The first-order valence-corrected chi connectivity index (χ1v) is 5.93. The zero-order chi connectivity index (χ0) is 9.54. The molecule has 0 radical (unpaired) electrons. The van der Waals surface area contributed by atoms with E-state index >= 15 is 0 Å². The summed E-state index contributed by atoms with van der Waals surface area (Å²) < 4.78 is 4.39. The van der Waals surface area contributed by atoms with Crippen molar-refractivity contribution < 1.29 is 0 Å². The molecule has 1 aromatic rings. The smallest absolute Gasteiger partial charge is 0.205 e. The highest BCUT2D eigenvalue weighted by Gasteiger charge is 2.31. The number of hydrogen-bond acceptors (Lipinski definition) is 5. The molecule has 2 heterocycles. The Labute approximate surface area is 87.3 Å². The molecule has 0 bridgehead atoms. The molecule has 1 saturated carbocycles. The van der Waals surface area contributed by atoms with E-state index in [1.54, 1.807) is 0 Å². The van der Waals surface area contributed by atoms with Gasteiger partial charge in [-0.05, 0) is 19.4 Å². The molecule has 1 saturated heterocycles. The van der Waals surface area contributed by atoms with Crippen LogP contribution in [-0.2, 0) is 0 Å². The Morgan fingerprint density at radius 1 is 1.43 bits per heavy atom. The van der Waals surface area contributed by atoms with E-state index in [-0.39, 0.29) is 0 Å². The van der Waals surface area contributed by atoms with Crippen molar-refractivity contribution in [3.05, 3.63) is 5.82 Å². The van der Waals surface area contributed by atoms with E-state index in [9.17, 15) is 0 Å². The van der Waals surface area contributed by atoms with Gasteiger partial charge in [-0.25, -0.2) is 4.98 Å². The summed E-state index contributed by atoms with van der Waals surface area (Å²) in [7, 11) is 0. The van der Waals surface area contributed by atoms with Gasteiger partial charge in [-0.1, -0.05) is 0 Å². The molecule has 1 aromatic heterocycles. The van der Waals surface area contributed by atoms with Crippen LogP contribution in [0, 0.1) is 5.92 Å². The molecule has 2 N–H and O–H groups in total. The number of hydrogen-bond donors (Lipinski definition) is 1. The van der Waals surface area contributed by atoms with Gasteiger partial charge in [0.1, 0.15) is 5.82 Å². The molecule has 1 aliphatic carbocycles. The normalized spacial score (nSPS) is 22.5. The van der Waals surface area contributed by atoms with Gasteiger partial charge in [0, 0.05) is 36.5 Å². The zero-order valence-electron chi connectivity index (χ0n) is 8.02. The topological polar surface area (TPSA) is 55.0 Å². The molecular formula is C9H14N4S. The number of nitrogens with two attached hydrogens (primary N) is 1. The van der Waals surface area contributed by atoms with Crippen LogP contribution in [0.4, 0.5) is 5.13 Å². The lowest BCUT2D eigenvalue weighted by Gasteiger charge is -2.38. The first-order valence-electron chi connectivity index (χ1n) is 5.15. The molecule has 5 heteroatoms. The minimum Gasteiger partial charge on any atom is -0.346 e. The van der Waals surface area contributed by atoms with Crippen LogP contribution in [0.2, 0.25) is 0 Å². The van der Waals surface area contributed by atoms with Crippen LogP contribution in [0.5, 0.6) is 0 Å². The summed E-state index contributed by atoms with van der Waals surface area (Å²) >= 11 is 1.54. The Morgan fingerprint density at radius 2 is 2.21 bits per heavy atom. The van der Waals surface area contributed by atoms with Crippen molar-refractivity contribution in [1.82, 2.24) is 9.36 Å². The molecule has 2 fully saturated rings. The van der Waals surface area contributed by atoms with Crippen LogP contribution >= 0.6 is 11.5 Å². The van der Waals surface area contributed by atoms with E-state index in [0.29, 0.717) is 11.8 Å². The van der Waals surface area contributed by atoms with Gasteiger partial charge in [-0.3, -0.25) is 0 Å². The highest BCUT2D eigenvalue weighted by atomic mass is 32.1. The highest BCUT2D eigenvalue weighted by Crippen LogP contribution is 2.40. The van der Waals surface area contributed by atoms with Gasteiger partial charge < -0.3 is 10.6 Å². The maximum absolute atomic E-state index is 5.58. The fourth-order valence-corrected chi connectivity index (χ4v) is 2.50. The van der Waals surface area contributed by atoms with Gasteiger partial charge in [0.25, 0.3) is 0 Å². The van der Waals surface area contributed by atoms with Crippen LogP contribution in [0.25, 0.3) is 0 Å². The fourth-order valence-electron chi connectivity index (χ4n) is 1.74. The second-order valence-corrected chi connectivity index (χ2v) is 4.95. The predicted molar refractivity (Wildman–Crippen MR) is 56.6 cm³/mol.